The summed E-state index contributed by atoms with van der Waals surface area (Å²) in [5.41, 5.74) is 2.23. The maximum absolute atomic E-state index is 12.5. The van der Waals surface area contributed by atoms with Crippen LogP contribution >= 0.6 is 0 Å². The van der Waals surface area contributed by atoms with Gasteiger partial charge in [-0.05, 0) is 58.4 Å². The lowest BCUT2D eigenvalue weighted by Gasteiger charge is -2.35. The van der Waals surface area contributed by atoms with Crippen molar-refractivity contribution in [2.45, 2.75) is 58.7 Å². The Hall–Kier alpha value is -2.08. The van der Waals surface area contributed by atoms with Crippen LogP contribution in [0, 0.1) is 13.8 Å². The molecule has 1 aliphatic heterocycles. The third-order valence-electron chi connectivity index (χ3n) is 4.93. The summed E-state index contributed by atoms with van der Waals surface area (Å²) >= 11 is 0. The minimum Gasteiger partial charge on any atom is -0.467 e. The SMILES string of the molecule is Cc1cc(C)n(C[C@@H]2CCCCN2CC(=O)N[C@H](C)c2ccco2)n1. The zero-order chi connectivity index (χ0) is 17.8. The van der Waals surface area contributed by atoms with E-state index in [0.717, 1.165) is 37.4 Å². The van der Waals surface area contributed by atoms with E-state index in [4.69, 9.17) is 4.42 Å². The molecule has 2 atom stereocenters. The lowest BCUT2D eigenvalue weighted by molar-refractivity contribution is -0.124. The van der Waals surface area contributed by atoms with Gasteiger partial charge in [-0.15, -0.1) is 0 Å². The molecule has 0 unspecified atom stereocenters. The maximum Gasteiger partial charge on any atom is 0.234 e. The van der Waals surface area contributed by atoms with Gasteiger partial charge in [0.25, 0.3) is 0 Å². The number of piperidine rings is 1. The molecule has 2 aromatic heterocycles. The van der Waals surface area contributed by atoms with Crippen LogP contribution in [0.2, 0.25) is 0 Å². The van der Waals surface area contributed by atoms with Gasteiger partial charge in [0, 0.05) is 11.7 Å². The number of carbonyl (C=O) groups is 1. The number of hydrogen-bond acceptors (Lipinski definition) is 4. The number of hydrogen-bond donors (Lipinski definition) is 1. The maximum atomic E-state index is 12.5. The first-order valence-electron chi connectivity index (χ1n) is 9.11. The standard InChI is InChI=1S/C19H28N4O2/c1-14-11-15(2)23(21-14)12-17-7-4-5-9-22(17)13-19(24)20-16(3)18-8-6-10-25-18/h6,8,10-11,16-17H,4-5,7,9,12-13H2,1-3H3,(H,20,24)/t16-,17+/m1/s1. The van der Waals surface area contributed by atoms with Crippen molar-refractivity contribution in [3.63, 3.8) is 0 Å². The van der Waals surface area contributed by atoms with Crippen LogP contribution < -0.4 is 5.32 Å². The van der Waals surface area contributed by atoms with Crippen LogP contribution in [-0.2, 0) is 11.3 Å². The number of likely N-dealkylation sites (tertiary alicyclic amines) is 1. The first kappa shape index (κ1) is 17.7. The van der Waals surface area contributed by atoms with E-state index in [1.54, 1.807) is 6.26 Å². The fourth-order valence-electron chi connectivity index (χ4n) is 3.61. The number of aromatic nitrogens is 2. The summed E-state index contributed by atoms with van der Waals surface area (Å²) in [6, 6.07) is 6.08. The van der Waals surface area contributed by atoms with Gasteiger partial charge in [-0.3, -0.25) is 14.4 Å². The molecule has 6 heteroatoms. The number of carbonyl (C=O) groups excluding carboxylic acids is 1. The summed E-state index contributed by atoms with van der Waals surface area (Å²) in [7, 11) is 0. The van der Waals surface area contributed by atoms with Crippen molar-refractivity contribution in [1.29, 1.82) is 0 Å². The second-order valence-corrected chi connectivity index (χ2v) is 7.03. The fraction of sp³-hybridized carbons (Fsp3) is 0.579. The Bertz CT molecular complexity index is 692. The monoisotopic (exact) mass is 344 g/mol. The van der Waals surface area contributed by atoms with Crippen LogP contribution in [0.5, 0.6) is 0 Å². The molecule has 0 aromatic carbocycles. The van der Waals surface area contributed by atoms with E-state index in [9.17, 15) is 4.79 Å². The zero-order valence-corrected chi connectivity index (χ0v) is 15.4. The minimum absolute atomic E-state index is 0.0455. The van der Waals surface area contributed by atoms with Crippen LogP contribution in [0.25, 0.3) is 0 Å². The van der Waals surface area contributed by atoms with Gasteiger partial charge < -0.3 is 9.73 Å². The summed E-state index contributed by atoms with van der Waals surface area (Å²) in [5, 5.41) is 7.61. The Kier molecular flexibility index (Phi) is 5.58. The van der Waals surface area contributed by atoms with E-state index in [1.165, 1.54) is 12.1 Å². The second-order valence-electron chi connectivity index (χ2n) is 7.03. The van der Waals surface area contributed by atoms with Crippen molar-refractivity contribution < 1.29 is 9.21 Å². The minimum atomic E-state index is -0.109. The molecule has 2 aromatic rings. The van der Waals surface area contributed by atoms with Crippen LogP contribution in [-0.4, -0.2) is 39.7 Å². The lowest BCUT2D eigenvalue weighted by Crippen LogP contribution is -2.47. The number of nitrogens with zero attached hydrogens (tertiary/aromatic N) is 3. The van der Waals surface area contributed by atoms with Crippen molar-refractivity contribution >= 4 is 5.91 Å². The molecule has 0 radical (unpaired) electrons. The third-order valence-corrected chi connectivity index (χ3v) is 4.93. The normalized spacial score (nSPS) is 19.7. The van der Waals surface area contributed by atoms with Gasteiger partial charge >= 0.3 is 0 Å². The molecule has 0 spiro atoms. The summed E-state index contributed by atoms with van der Waals surface area (Å²) in [4.78, 5) is 14.8. The largest absolute Gasteiger partial charge is 0.467 e. The molecule has 136 valence electrons. The highest BCUT2D eigenvalue weighted by Crippen LogP contribution is 2.19. The number of nitrogens with one attached hydrogen (secondary N) is 1. The highest BCUT2D eigenvalue weighted by atomic mass is 16.3. The van der Waals surface area contributed by atoms with Gasteiger partial charge in [0.1, 0.15) is 5.76 Å². The molecule has 3 rings (SSSR count). The summed E-state index contributed by atoms with van der Waals surface area (Å²) in [6.45, 7) is 8.29. The molecule has 0 aliphatic carbocycles. The van der Waals surface area contributed by atoms with Gasteiger partial charge in [0.2, 0.25) is 5.91 Å². The number of aryl methyl sites for hydroxylation is 2. The van der Waals surface area contributed by atoms with Crippen molar-refractivity contribution in [1.82, 2.24) is 20.0 Å². The molecule has 3 heterocycles. The van der Waals surface area contributed by atoms with E-state index in [2.05, 4.69) is 33.0 Å². The average molecular weight is 344 g/mol. The average Bonchev–Trinajstić information content (AvgIpc) is 3.19. The Morgan fingerprint density at radius 3 is 2.96 bits per heavy atom. The molecular formula is C19H28N4O2. The van der Waals surface area contributed by atoms with Gasteiger partial charge in [-0.25, -0.2) is 0 Å². The lowest BCUT2D eigenvalue weighted by atomic mass is 10.0. The Morgan fingerprint density at radius 2 is 2.28 bits per heavy atom. The number of rotatable bonds is 6. The van der Waals surface area contributed by atoms with Gasteiger partial charge in [0.05, 0.1) is 31.1 Å². The molecule has 0 saturated carbocycles. The second kappa shape index (κ2) is 7.87. The molecular weight excluding hydrogens is 316 g/mol. The van der Waals surface area contributed by atoms with E-state index in [0.29, 0.717) is 12.6 Å². The third kappa shape index (κ3) is 4.51. The number of furan rings is 1. The molecule has 6 nitrogen and oxygen atoms in total. The highest BCUT2D eigenvalue weighted by molar-refractivity contribution is 5.78. The van der Waals surface area contributed by atoms with Crippen molar-refractivity contribution in [3.8, 4) is 0 Å². The molecule has 1 saturated heterocycles. The Labute approximate surface area is 149 Å². The number of amides is 1. The summed E-state index contributed by atoms with van der Waals surface area (Å²) < 4.78 is 7.43. The summed E-state index contributed by atoms with van der Waals surface area (Å²) in [6.07, 6.45) is 5.10. The molecule has 0 bridgehead atoms. The first-order valence-corrected chi connectivity index (χ1v) is 9.11. The molecule has 1 amide bonds. The fourth-order valence-corrected chi connectivity index (χ4v) is 3.61. The van der Waals surface area contributed by atoms with Crippen LogP contribution in [0.15, 0.2) is 28.9 Å². The molecule has 25 heavy (non-hydrogen) atoms. The quantitative estimate of drug-likeness (QED) is 0.875. The van der Waals surface area contributed by atoms with E-state index < -0.39 is 0 Å². The van der Waals surface area contributed by atoms with Crippen LogP contribution in [0.3, 0.4) is 0 Å². The van der Waals surface area contributed by atoms with E-state index in [1.807, 2.05) is 26.0 Å². The Morgan fingerprint density at radius 1 is 1.44 bits per heavy atom. The van der Waals surface area contributed by atoms with Crippen molar-refractivity contribution in [3.05, 3.63) is 41.6 Å². The van der Waals surface area contributed by atoms with E-state index >= 15 is 0 Å². The predicted octanol–water partition coefficient (Wildman–Crippen LogP) is 2.82. The van der Waals surface area contributed by atoms with E-state index in [-0.39, 0.29) is 11.9 Å². The first-order chi connectivity index (χ1) is 12.0. The van der Waals surface area contributed by atoms with Gasteiger partial charge in [-0.2, -0.15) is 5.10 Å². The van der Waals surface area contributed by atoms with Crippen molar-refractivity contribution in [2.24, 2.45) is 0 Å². The van der Waals surface area contributed by atoms with Crippen LogP contribution in [0.4, 0.5) is 0 Å². The topological polar surface area (TPSA) is 63.3 Å². The highest BCUT2D eigenvalue weighted by Gasteiger charge is 2.26. The molecule has 1 fully saturated rings. The zero-order valence-electron chi connectivity index (χ0n) is 15.4. The molecule has 1 N–H and O–H groups in total. The van der Waals surface area contributed by atoms with Crippen molar-refractivity contribution in [2.75, 3.05) is 13.1 Å². The molecule has 1 aliphatic rings. The summed E-state index contributed by atoms with van der Waals surface area (Å²) in [5.74, 6) is 0.829. The Balaban J connectivity index is 1.59. The predicted molar refractivity (Wildman–Crippen MR) is 96.2 cm³/mol. The smallest absolute Gasteiger partial charge is 0.234 e. The van der Waals surface area contributed by atoms with Gasteiger partial charge in [0.15, 0.2) is 0 Å². The van der Waals surface area contributed by atoms with Crippen LogP contribution in [0.1, 0.15) is 49.4 Å². The van der Waals surface area contributed by atoms with Gasteiger partial charge in [-0.1, -0.05) is 6.42 Å².